The number of aliphatic hydroxyl groups is 1. The molecule has 0 aromatic rings. The fourth-order valence-electron chi connectivity index (χ4n) is 2.05. The zero-order valence-corrected chi connectivity index (χ0v) is 8.86. The molecule has 1 atom stereocenters. The molecular formula is C10H19NO3. The maximum atomic E-state index is 11.0. The fourth-order valence-corrected chi connectivity index (χ4v) is 2.05. The quantitative estimate of drug-likeness (QED) is 0.682. The van der Waals surface area contributed by atoms with Crippen LogP contribution in [0.4, 0.5) is 0 Å². The molecule has 0 heterocycles. The van der Waals surface area contributed by atoms with Crippen LogP contribution in [0.1, 0.15) is 25.7 Å². The molecule has 0 radical (unpaired) electrons. The lowest BCUT2D eigenvalue weighted by molar-refractivity contribution is -0.157. The molecule has 0 bridgehead atoms. The minimum Gasteiger partial charge on any atom is -0.481 e. The van der Waals surface area contributed by atoms with Crippen LogP contribution in [-0.2, 0) is 4.79 Å². The SMILES string of the molecule is CN(C)C[C@@H](O)CC1(C(=O)O)CCC1. The van der Waals surface area contributed by atoms with Crippen molar-refractivity contribution in [3.8, 4) is 0 Å². The molecule has 0 saturated heterocycles. The summed E-state index contributed by atoms with van der Waals surface area (Å²) in [5.41, 5.74) is -0.630. The molecule has 1 saturated carbocycles. The molecule has 0 aliphatic heterocycles. The summed E-state index contributed by atoms with van der Waals surface area (Å²) in [4.78, 5) is 12.9. The largest absolute Gasteiger partial charge is 0.481 e. The summed E-state index contributed by atoms with van der Waals surface area (Å²) in [7, 11) is 3.74. The molecule has 1 aliphatic carbocycles. The number of hydrogen-bond acceptors (Lipinski definition) is 3. The lowest BCUT2D eigenvalue weighted by Crippen LogP contribution is -2.42. The van der Waals surface area contributed by atoms with Crippen molar-refractivity contribution in [2.45, 2.75) is 31.8 Å². The van der Waals surface area contributed by atoms with E-state index in [9.17, 15) is 9.90 Å². The van der Waals surface area contributed by atoms with Crippen molar-refractivity contribution in [1.82, 2.24) is 4.90 Å². The maximum Gasteiger partial charge on any atom is 0.309 e. The molecule has 4 heteroatoms. The van der Waals surface area contributed by atoms with Crippen LogP contribution in [-0.4, -0.2) is 47.8 Å². The van der Waals surface area contributed by atoms with Gasteiger partial charge in [-0.25, -0.2) is 0 Å². The number of carbonyl (C=O) groups is 1. The molecule has 0 unspecified atom stereocenters. The number of likely N-dealkylation sites (N-methyl/N-ethyl adjacent to an activating group) is 1. The summed E-state index contributed by atoms with van der Waals surface area (Å²) >= 11 is 0. The summed E-state index contributed by atoms with van der Waals surface area (Å²) in [6, 6.07) is 0. The van der Waals surface area contributed by atoms with E-state index >= 15 is 0 Å². The van der Waals surface area contributed by atoms with Crippen molar-refractivity contribution in [1.29, 1.82) is 0 Å². The third-order valence-corrected chi connectivity index (χ3v) is 2.97. The topological polar surface area (TPSA) is 60.8 Å². The van der Waals surface area contributed by atoms with Gasteiger partial charge in [0.25, 0.3) is 0 Å². The van der Waals surface area contributed by atoms with Crippen LogP contribution in [0.3, 0.4) is 0 Å². The van der Waals surface area contributed by atoms with E-state index in [0.29, 0.717) is 25.8 Å². The second kappa shape index (κ2) is 4.28. The van der Waals surface area contributed by atoms with Crippen LogP contribution in [0, 0.1) is 5.41 Å². The summed E-state index contributed by atoms with van der Waals surface area (Å²) in [6.07, 6.45) is 2.27. The first kappa shape index (κ1) is 11.5. The Labute approximate surface area is 84.5 Å². The smallest absolute Gasteiger partial charge is 0.309 e. The van der Waals surface area contributed by atoms with E-state index in [2.05, 4.69) is 0 Å². The van der Waals surface area contributed by atoms with Gasteiger partial charge in [-0.3, -0.25) is 4.79 Å². The number of aliphatic carboxylic acids is 1. The Morgan fingerprint density at radius 2 is 2.07 bits per heavy atom. The van der Waals surface area contributed by atoms with Gasteiger partial charge in [0.15, 0.2) is 0 Å². The normalized spacial score (nSPS) is 21.7. The molecule has 1 fully saturated rings. The molecule has 1 aliphatic rings. The van der Waals surface area contributed by atoms with Crippen molar-refractivity contribution < 1.29 is 15.0 Å². The first-order valence-electron chi connectivity index (χ1n) is 5.02. The number of rotatable bonds is 5. The lowest BCUT2D eigenvalue weighted by Gasteiger charge is -2.39. The van der Waals surface area contributed by atoms with Gasteiger partial charge in [-0.1, -0.05) is 6.42 Å². The Morgan fingerprint density at radius 3 is 2.36 bits per heavy atom. The minimum atomic E-state index is -0.749. The van der Waals surface area contributed by atoms with Crippen LogP contribution in [0.2, 0.25) is 0 Å². The highest BCUT2D eigenvalue weighted by molar-refractivity contribution is 5.75. The minimum absolute atomic E-state index is 0.389. The summed E-state index contributed by atoms with van der Waals surface area (Å²) in [6.45, 7) is 0.537. The fraction of sp³-hybridized carbons (Fsp3) is 0.900. The number of aliphatic hydroxyl groups excluding tert-OH is 1. The first-order valence-corrected chi connectivity index (χ1v) is 5.02. The van der Waals surface area contributed by atoms with Crippen LogP contribution in [0.15, 0.2) is 0 Å². The molecule has 0 amide bonds. The van der Waals surface area contributed by atoms with Crippen molar-refractivity contribution in [3.63, 3.8) is 0 Å². The molecule has 1 rings (SSSR count). The average molecular weight is 201 g/mol. The van der Waals surface area contributed by atoms with Gasteiger partial charge in [0, 0.05) is 6.54 Å². The number of nitrogens with zero attached hydrogens (tertiary/aromatic N) is 1. The Balaban J connectivity index is 2.44. The Morgan fingerprint density at radius 1 is 1.50 bits per heavy atom. The summed E-state index contributed by atoms with van der Waals surface area (Å²) in [5.74, 6) is -0.749. The van der Waals surface area contributed by atoms with E-state index < -0.39 is 17.5 Å². The van der Waals surface area contributed by atoms with Crippen molar-refractivity contribution in [2.75, 3.05) is 20.6 Å². The van der Waals surface area contributed by atoms with Crippen molar-refractivity contribution in [2.24, 2.45) is 5.41 Å². The standard InChI is InChI=1S/C10H19NO3/c1-11(2)7-8(12)6-10(9(13)14)4-3-5-10/h8,12H,3-7H2,1-2H3,(H,13,14)/t8-/m0/s1. The highest BCUT2D eigenvalue weighted by atomic mass is 16.4. The predicted molar refractivity (Wildman–Crippen MR) is 53.1 cm³/mol. The van der Waals surface area contributed by atoms with Crippen LogP contribution in [0.25, 0.3) is 0 Å². The maximum absolute atomic E-state index is 11.0. The Hall–Kier alpha value is -0.610. The molecule has 2 N–H and O–H groups in total. The Bertz CT molecular complexity index is 211. The van der Waals surface area contributed by atoms with Gasteiger partial charge in [-0.2, -0.15) is 0 Å². The highest BCUT2D eigenvalue weighted by Crippen LogP contribution is 2.44. The first-order chi connectivity index (χ1) is 6.46. The highest BCUT2D eigenvalue weighted by Gasteiger charge is 2.45. The third-order valence-electron chi connectivity index (χ3n) is 2.97. The average Bonchev–Trinajstić information content (AvgIpc) is 1.94. The van der Waals surface area contributed by atoms with Gasteiger partial charge in [0.05, 0.1) is 11.5 Å². The molecule has 0 aromatic carbocycles. The summed E-state index contributed by atoms with van der Waals surface area (Å²) < 4.78 is 0. The molecule has 82 valence electrons. The van der Waals surface area contributed by atoms with E-state index in [0.717, 1.165) is 6.42 Å². The van der Waals surface area contributed by atoms with Gasteiger partial charge < -0.3 is 15.1 Å². The summed E-state index contributed by atoms with van der Waals surface area (Å²) in [5, 5.41) is 18.7. The second-order valence-corrected chi connectivity index (χ2v) is 4.56. The molecule has 0 aromatic heterocycles. The number of carboxylic acids is 1. The van der Waals surface area contributed by atoms with Gasteiger partial charge in [-0.15, -0.1) is 0 Å². The van der Waals surface area contributed by atoms with E-state index in [-0.39, 0.29) is 0 Å². The van der Waals surface area contributed by atoms with Gasteiger partial charge >= 0.3 is 5.97 Å². The number of carboxylic acid groups (broad SMARTS) is 1. The van der Waals surface area contributed by atoms with E-state index in [1.807, 2.05) is 19.0 Å². The van der Waals surface area contributed by atoms with Crippen LogP contribution in [0.5, 0.6) is 0 Å². The zero-order chi connectivity index (χ0) is 10.8. The van der Waals surface area contributed by atoms with Crippen LogP contribution >= 0.6 is 0 Å². The van der Waals surface area contributed by atoms with Crippen molar-refractivity contribution in [3.05, 3.63) is 0 Å². The van der Waals surface area contributed by atoms with Crippen molar-refractivity contribution >= 4 is 5.97 Å². The van der Waals surface area contributed by atoms with Crippen LogP contribution < -0.4 is 0 Å². The Kier molecular flexibility index (Phi) is 3.50. The second-order valence-electron chi connectivity index (χ2n) is 4.56. The zero-order valence-electron chi connectivity index (χ0n) is 8.86. The number of hydrogen-bond donors (Lipinski definition) is 2. The molecule has 0 spiro atoms. The predicted octanol–water partition coefficient (Wildman–Crippen LogP) is 0.554. The van der Waals surface area contributed by atoms with E-state index in [1.54, 1.807) is 0 Å². The molecular weight excluding hydrogens is 182 g/mol. The van der Waals surface area contributed by atoms with E-state index in [1.165, 1.54) is 0 Å². The van der Waals surface area contributed by atoms with Gasteiger partial charge in [0.2, 0.25) is 0 Å². The van der Waals surface area contributed by atoms with Gasteiger partial charge in [-0.05, 0) is 33.4 Å². The van der Waals surface area contributed by atoms with Gasteiger partial charge in [0.1, 0.15) is 0 Å². The molecule has 14 heavy (non-hydrogen) atoms. The molecule has 4 nitrogen and oxygen atoms in total. The lowest BCUT2D eigenvalue weighted by atomic mass is 9.65. The third kappa shape index (κ3) is 2.45. The monoisotopic (exact) mass is 201 g/mol. The van der Waals surface area contributed by atoms with E-state index in [4.69, 9.17) is 5.11 Å².